The maximum Gasteiger partial charge on any atom is -0.0150 e. The zero-order chi connectivity index (χ0) is 51.4. The van der Waals surface area contributed by atoms with Gasteiger partial charge < -0.3 is 0 Å². The van der Waals surface area contributed by atoms with Crippen molar-refractivity contribution in [2.45, 2.75) is 162 Å². The molecule has 0 amide bonds. The summed E-state index contributed by atoms with van der Waals surface area (Å²) < 4.78 is 0. The Labute approximate surface area is 442 Å². The molecule has 0 bridgehead atoms. The van der Waals surface area contributed by atoms with Crippen LogP contribution >= 0.6 is 0 Å². The van der Waals surface area contributed by atoms with Crippen molar-refractivity contribution in [3.05, 3.63) is 283 Å². The minimum Gasteiger partial charge on any atom is -0.0590 e. The first-order valence-electron chi connectivity index (χ1n) is 27.8. The molecule has 8 aromatic rings. The maximum atomic E-state index is 2.46. The molecule has 0 N–H and O–H groups in total. The van der Waals surface area contributed by atoms with Crippen LogP contribution in [0.15, 0.2) is 194 Å². The number of rotatable bonds is 22. The van der Waals surface area contributed by atoms with Crippen molar-refractivity contribution in [2.75, 3.05) is 0 Å². The van der Waals surface area contributed by atoms with Crippen molar-refractivity contribution in [2.24, 2.45) is 0 Å². The average Bonchev–Trinajstić information content (AvgIpc) is 3.39. The molecule has 0 aliphatic rings. The standard InChI is InChI=1S/C73H84/c1-50-11-27-60(28-12-50)58(9)43-68(62-31-15-52(3)16-32-62)45-70(64-35-19-54(5)20-36-64)47-72(66-39-23-56(7)24-40-66)49-73(67-41-25-57(8)26-42-67)48-71(65-37-21-55(6)22-38-65)46-69(63-33-17-53(4)18-34-63)44-59(10)61-29-13-51(2)14-30-61/h11-42,58-59,68-73H,43-49H2,1-10H3. The predicted molar refractivity (Wildman–Crippen MR) is 315 cm³/mol. The van der Waals surface area contributed by atoms with Gasteiger partial charge in [-0.05, 0) is 192 Å². The number of hydrogen-bond donors (Lipinski definition) is 0. The molecule has 0 aliphatic carbocycles. The van der Waals surface area contributed by atoms with E-state index >= 15 is 0 Å². The monoisotopic (exact) mass is 961 g/mol. The highest BCUT2D eigenvalue weighted by molar-refractivity contribution is 5.36. The van der Waals surface area contributed by atoms with Crippen molar-refractivity contribution in [1.29, 1.82) is 0 Å². The van der Waals surface area contributed by atoms with E-state index in [1.165, 1.54) is 89.0 Å². The molecule has 0 aliphatic heterocycles. The lowest BCUT2D eigenvalue weighted by Crippen LogP contribution is -2.17. The Bertz CT molecular complexity index is 2680. The fourth-order valence-corrected chi connectivity index (χ4v) is 11.9. The summed E-state index contributed by atoms with van der Waals surface area (Å²) in [6.07, 6.45) is 7.68. The summed E-state index contributed by atoms with van der Waals surface area (Å²) in [5.74, 6) is 3.11. The molecule has 0 fully saturated rings. The van der Waals surface area contributed by atoms with Crippen LogP contribution in [-0.4, -0.2) is 0 Å². The third-order valence-electron chi connectivity index (χ3n) is 16.7. The molecule has 8 unspecified atom stereocenters. The van der Waals surface area contributed by atoms with Crippen molar-refractivity contribution in [1.82, 2.24) is 0 Å². The van der Waals surface area contributed by atoms with Crippen LogP contribution in [0.25, 0.3) is 0 Å². The van der Waals surface area contributed by atoms with Crippen LogP contribution < -0.4 is 0 Å². The molecular weight excluding hydrogens is 877 g/mol. The minimum atomic E-state index is 0.347. The predicted octanol–water partition coefficient (Wildman–Crippen LogP) is 20.5. The number of hydrogen-bond acceptors (Lipinski definition) is 0. The molecule has 0 saturated heterocycles. The Morgan fingerprint density at radius 3 is 0.452 bits per heavy atom. The first kappa shape index (κ1) is 53.1. The Balaban J connectivity index is 1.19. The summed E-state index contributed by atoms with van der Waals surface area (Å²) in [7, 11) is 0. The molecule has 0 radical (unpaired) electrons. The van der Waals surface area contributed by atoms with Crippen LogP contribution in [-0.2, 0) is 0 Å². The molecular formula is C73H84. The highest BCUT2D eigenvalue weighted by Gasteiger charge is 2.31. The van der Waals surface area contributed by atoms with Gasteiger partial charge >= 0.3 is 0 Å². The molecule has 0 aromatic heterocycles. The van der Waals surface area contributed by atoms with Gasteiger partial charge in [-0.1, -0.05) is 252 Å². The van der Waals surface area contributed by atoms with E-state index in [4.69, 9.17) is 0 Å². The fraction of sp³-hybridized carbons (Fsp3) is 0.342. The van der Waals surface area contributed by atoms with Gasteiger partial charge in [-0.2, -0.15) is 0 Å². The Kier molecular flexibility index (Phi) is 18.3. The third kappa shape index (κ3) is 14.9. The van der Waals surface area contributed by atoms with Crippen LogP contribution in [0, 0.1) is 55.4 Å². The van der Waals surface area contributed by atoms with Gasteiger partial charge in [0.05, 0.1) is 0 Å². The van der Waals surface area contributed by atoms with E-state index in [1.807, 2.05) is 0 Å². The third-order valence-corrected chi connectivity index (χ3v) is 16.7. The van der Waals surface area contributed by atoms with Crippen molar-refractivity contribution in [3.8, 4) is 0 Å². The van der Waals surface area contributed by atoms with E-state index in [1.54, 1.807) is 0 Å². The minimum absolute atomic E-state index is 0.347. The normalized spacial score (nSPS) is 14.9. The van der Waals surface area contributed by atoms with Crippen LogP contribution in [0.5, 0.6) is 0 Å². The molecule has 0 saturated carbocycles. The van der Waals surface area contributed by atoms with E-state index < -0.39 is 0 Å². The zero-order valence-electron chi connectivity index (χ0n) is 46.0. The lowest BCUT2D eigenvalue weighted by atomic mass is 9.71. The molecule has 0 spiro atoms. The fourth-order valence-electron chi connectivity index (χ4n) is 11.9. The summed E-state index contributed by atoms with van der Waals surface area (Å²) in [5.41, 5.74) is 22.2. The van der Waals surface area contributed by atoms with Crippen LogP contribution in [0.1, 0.15) is 195 Å². The van der Waals surface area contributed by atoms with Gasteiger partial charge in [0.15, 0.2) is 0 Å². The van der Waals surface area contributed by atoms with Gasteiger partial charge in [0.1, 0.15) is 0 Å². The van der Waals surface area contributed by atoms with Crippen LogP contribution in [0.2, 0.25) is 0 Å². The lowest BCUT2D eigenvalue weighted by Gasteiger charge is -2.34. The summed E-state index contributed by atoms with van der Waals surface area (Å²) in [6, 6.07) is 76.1. The Hall–Kier alpha value is -6.24. The first-order chi connectivity index (χ1) is 35.2. The van der Waals surface area contributed by atoms with Gasteiger partial charge in [0.25, 0.3) is 0 Å². The smallest absolute Gasteiger partial charge is 0.0150 e. The lowest BCUT2D eigenvalue weighted by molar-refractivity contribution is 0.379. The van der Waals surface area contributed by atoms with Crippen molar-refractivity contribution >= 4 is 0 Å². The van der Waals surface area contributed by atoms with Gasteiger partial charge in [0.2, 0.25) is 0 Å². The van der Waals surface area contributed by atoms with E-state index in [2.05, 4.69) is 263 Å². The summed E-state index contributed by atoms with van der Waals surface area (Å²) in [4.78, 5) is 0. The SMILES string of the molecule is Cc1ccc(C(C)CC(CC(CC(CC(CC(CC(CC(C)c2ccc(C)cc2)c2ccc(C)cc2)c2ccc(C)cc2)c2ccc(C)cc2)c2ccc(C)cc2)c2ccc(C)cc2)c2ccc(C)cc2)cc1. The highest BCUT2D eigenvalue weighted by atomic mass is 14.4. The topological polar surface area (TPSA) is 0 Å². The first-order valence-corrected chi connectivity index (χ1v) is 27.8. The molecule has 0 nitrogen and oxygen atoms in total. The number of benzene rings is 8. The van der Waals surface area contributed by atoms with E-state index in [0.29, 0.717) is 47.3 Å². The van der Waals surface area contributed by atoms with Gasteiger partial charge in [-0.3, -0.25) is 0 Å². The van der Waals surface area contributed by atoms with E-state index in [9.17, 15) is 0 Å². The Morgan fingerprint density at radius 1 is 0.178 bits per heavy atom. The van der Waals surface area contributed by atoms with Gasteiger partial charge in [-0.25, -0.2) is 0 Å². The van der Waals surface area contributed by atoms with Crippen molar-refractivity contribution in [3.63, 3.8) is 0 Å². The quantitative estimate of drug-likeness (QED) is 0.0635. The molecule has 8 aromatic carbocycles. The average molecular weight is 961 g/mol. The molecule has 0 heterocycles. The van der Waals surface area contributed by atoms with Crippen LogP contribution in [0.3, 0.4) is 0 Å². The largest absolute Gasteiger partial charge is 0.0590 e. The summed E-state index contributed by atoms with van der Waals surface area (Å²) >= 11 is 0. The van der Waals surface area contributed by atoms with E-state index in [0.717, 1.165) is 44.9 Å². The second-order valence-corrected chi connectivity index (χ2v) is 22.9. The van der Waals surface area contributed by atoms with Gasteiger partial charge in [0, 0.05) is 0 Å². The molecule has 73 heavy (non-hydrogen) atoms. The highest BCUT2D eigenvalue weighted by Crippen LogP contribution is 2.48. The molecule has 8 atom stereocenters. The summed E-state index contributed by atoms with van der Waals surface area (Å²) in [5, 5.41) is 0. The molecule has 376 valence electrons. The zero-order valence-corrected chi connectivity index (χ0v) is 46.0. The molecule has 0 heteroatoms. The second-order valence-electron chi connectivity index (χ2n) is 22.9. The maximum absolute atomic E-state index is 2.46. The van der Waals surface area contributed by atoms with E-state index in [-0.39, 0.29) is 0 Å². The molecule has 8 rings (SSSR count). The van der Waals surface area contributed by atoms with Crippen molar-refractivity contribution < 1.29 is 0 Å². The van der Waals surface area contributed by atoms with Gasteiger partial charge in [-0.15, -0.1) is 0 Å². The summed E-state index contributed by atoms with van der Waals surface area (Å²) in [6.45, 7) is 22.7. The van der Waals surface area contributed by atoms with Crippen LogP contribution in [0.4, 0.5) is 0 Å². The second kappa shape index (κ2) is 25.1. The number of aryl methyl sites for hydroxylation is 8. The Morgan fingerprint density at radius 2 is 0.301 bits per heavy atom.